The van der Waals surface area contributed by atoms with Crippen LogP contribution in [0, 0.1) is 12.8 Å². The summed E-state index contributed by atoms with van der Waals surface area (Å²) in [6, 6.07) is 11.2. The first-order chi connectivity index (χ1) is 13.1. The molecule has 0 bridgehead atoms. The fourth-order valence-corrected chi connectivity index (χ4v) is 4.04. The van der Waals surface area contributed by atoms with Gasteiger partial charge < -0.3 is 10.6 Å². The van der Waals surface area contributed by atoms with Crippen LogP contribution in [0.4, 0.5) is 0 Å². The molecule has 0 radical (unpaired) electrons. The summed E-state index contributed by atoms with van der Waals surface area (Å²) in [7, 11) is 0. The number of hydrogen-bond donors (Lipinski definition) is 2. The fraction of sp³-hybridized carbons (Fsp3) is 0.364. The van der Waals surface area contributed by atoms with E-state index in [0.717, 1.165) is 10.4 Å². The summed E-state index contributed by atoms with van der Waals surface area (Å²) < 4.78 is 0. The molecule has 1 heterocycles. The van der Waals surface area contributed by atoms with Crippen LogP contribution in [0.25, 0.3) is 6.08 Å². The minimum atomic E-state index is -0.269. The van der Waals surface area contributed by atoms with E-state index in [2.05, 4.69) is 10.6 Å². The zero-order chi connectivity index (χ0) is 19.1. The molecule has 1 fully saturated rings. The first kappa shape index (κ1) is 19.4. The topological polar surface area (TPSA) is 58.2 Å². The number of aryl methyl sites for hydroxylation is 1. The number of carbonyl (C=O) groups is 2. The molecular formula is C22H26N2O2S. The Labute approximate surface area is 164 Å². The lowest BCUT2D eigenvalue weighted by Crippen LogP contribution is -2.37. The second-order valence-corrected chi connectivity index (χ2v) is 8.09. The summed E-state index contributed by atoms with van der Waals surface area (Å²) in [6.07, 6.45) is 7.85. The van der Waals surface area contributed by atoms with Crippen LogP contribution in [0.2, 0.25) is 0 Å². The molecule has 1 aromatic heterocycles. The third kappa shape index (κ3) is 5.79. The molecule has 2 N–H and O–H groups in total. The first-order valence-corrected chi connectivity index (χ1v) is 10.4. The maximum atomic E-state index is 12.8. The molecule has 0 atom stereocenters. The third-order valence-electron chi connectivity index (χ3n) is 4.88. The quantitative estimate of drug-likeness (QED) is 0.722. The zero-order valence-electron chi connectivity index (χ0n) is 15.7. The van der Waals surface area contributed by atoms with Gasteiger partial charge in [-0.1, -0.05) is 43.0 Å². The number of hydrogen-bond acceptors (Lipinski definition) is 3. The van der Waals surface area contributed by atoms with Gasteiger partial charge in [0.1, 0.15) is 5.70 Å². The van der Waals surface area contributed by atoms with Gasteiger partial charge in [0.2, 0.25) is 0 Å². The number of benzene rings is 1. The first-order valence-electron chi connectivity index (χ1n) is 9.53. The molecule has 1 aliphatic rings. The molecule has 27 heavy (non-hydrogen) atoms. The fourth-order valence-electron chi connectivity index (χ4n) is 3.38. The van der Waals surface area contributed by atoms with Crippen molar-refractivity contribution in [1.29, 1.82) is 0 Å². The van der Waals surface area contributed by atoms with Crippen molar-refractivity contribution in [2.75, 3.05) is 6.54 Å². The Kier molecular flexibility index (Phi) is 6.82. The van der Waals surface area contributed by atoms with Crippen LogP contribution in [-0.4, -0.2) is 18.4 Å². The Morgan fingerprint density at radius 1 is 1.15 bits per heavy atom. The molecule has 3 rings (SSSR count). The van der Waals surface area contributed by atoms with Gasteiger partial charge in [-0.05, 0) is 55.3 Å². The van der Waals surface area contributed by atoms with Crippen molar-refractivity contribution >= 4 is 29.2 Å². The number of nitrogens with one attached hydrogen (secondary N) is 2. The van der Waals surface area contributed by atoms with E-state index in [1.54, 1.807) is 12.1 Å². The smallest absolute Gasteiger partial charge is 0.267 e. The third-order valence-corrected chi connectivity index (χ3v) is 5.70. The molecule has 5 heteroatoms. The van der Waals surface area contributed by atoms with Crippen LogP contribution < -0.4 is 10.6 Å². The van der Waals surface area contributed by atoms with Gasteiger partial charge in [0.05, 0.1) is 0 Å². The summed E-state index contributed by atoms with van der Waals surface area (Å²) in [5.41, 5.74) is 1.85. The Hall–Kier alpha value is -2.40. The van der Waals surface area contributed by atoms with Gasteiger partial charge in [0, 0.05) is 17.0 Å². The summed E-state index contributed by atoms with van der Waals surface area (Å²) in [5, 5.41) is 7.77. The van der Waals surface area contributed by atoms with E-state index in [0.29, 0.717) is 23.7 Å². The van der Waals surface area contributed by atoms with Gasteiger partial charge in [-0.15, -0.1) is 11.3 Å². The largest absolute Gasteiger partial charge is 0.350 e. The van der Waals surface area contributed by atoms with Crippen molar-refractivity contribution in [2.24, 2.45) is 5.92 Å². The molecule has 2 amide bonds. The van der Waals surface area contributed by atoms with E-state index in [4.69, 9.17) is 0 Å². The highest BCUT2D eigenvalue weighted by molar-refractivity contribution is 7.10. The van der Waals surface area contributed by atoms with E-state index >= 15 is 0 Å². The Bertz CT molecular complexity index is 805. The number of amides is 2. The van der Waals surface area contributed by atoms with Gasteiger partial charge in [-0.25, -0.2) is 0 Å². The minimum Gasteiger partial charge on any atom is -0.350 e. The lowest BCUT2D eigenvalue weighted by Gasteiger charge is -2.22. The van der Waals surface area contributed by atoms with Gasteiger partial charge in [-0.2, -0.15) is 0 Å². The minimum absolute atomic E-state index is 0.227. The van der Waals surface area contributed by atoms with Crippen LogP contribution in [0.1, 0.15) is 52.9 Å². The molecule has 4 nitrogen and oxygen atoms in total. The lowest BCUT2D eigenvalue weighted by molar-refractivity contribution is -0.117. The molecule has 0 unspecified atom stereocenters. The average Bonchev–Trinajstić information content (AvgIpc) is 3.19. The highest BCUT2D eigenvalue weighted by Gasteiger charge is 2.18. The molecule has 2 aromatic rings. The number of rotatable bonds is 6. The second-order valence-electron chi connectivity index (χ2n) is 7.11. The molecular weight excluding hydrogens is 356 g/mol. The van der Waals surface area contributed by atoms with E-state index in [1.165, 1.54) is 43.4 Å². The summed E-state index contributed by atoms with van der Waals surface area (Å²) in [5.74, 6) is 0.0439. The Morgan fingerprint density at radius 3 is 2.67 bits per heavy atom. The standard InChI is InChI=1S/C22H26N2O2S/c1-16-7-5-10-18(13-16)21(25)24-20(14-19-11-6-12-27-19)22(26)23-15-17-8-3-2-4-9-17/h5-7,10-14,17H,2-4,8-9,15H2,1H3,(H,23,26)(H,24,25)/b20-14-. The van der Waals surface area contributed by atoms with Crippen LogP contribution in [0.15, 0.2) is 47.5 Å². The average molecular weight is 383 g/mol. The molecule has 0 saturated heterocycles. The lowest BCUT2D eigenvalue weighted by atomic mass is 9.89. The Morgan fingerprint density at radius 2 is 1.96 bits per heavy atom. The molecule has 1 aliphatic carbocycles. The second kappa shape index (κ2) is 9.51. The van der Waals surface area contributed by atoms with E-state index < -0.39 is 0 Å². The maximum absolute atomic E-state index is 12.8. The van der Waals surface area contributed by atoms with Crippen molar-refractivity contribution in [3.05, 3.63) is 63.5 Å². The summed E-state index contributed by atoms with van der Waals surface area (Å²) in [4.78, 5) is 26.3. The van der Waals surface area contributed by atoms with Gasteiger partial charge >= 0.3 is 0 Å². The molecule has 0 spiro atoms. The molecule has 1 aromatic carbocycles. The number of thiophene rings is 1. The van der Waals surface area contributed by atoms with Crippen LogP contribution in [-0.2, 0) is 4.79 Å². The maximum Gasteiger partial charge on any atom is 0.267 e. The van der Waals surface area contributed by atoms with E-state index in [-0.39, 0.29) is 11.8 Å². The molecule has 142 valence electrons. The van der Waals surface area contributed by atoms with Crippen LogP contribution in [0.3, 0.4) is 0 Å². The van der Waals surface area contributed by atoms with Crippen LogP contribution >= 0.6 is 11.3 Å². The molecule has 0 aliphatic heterocycles. The highest BCUT2D eigenvalue weighted by atomic mass is 32.1. The monoisotopic (exact) mass is 382 g/mol. The van der Waals surface area contributed by atoms with Gasteiger partial charge in [0.25, 0.3) is 11.8 Å². The van der Waals surface area contributed by atoms with Crippen molar-refractivity contribution in [1.82, 2.24) is 10.6 Å². The van der Waals surface area contributed by atoms with Crippen molar-refractivity contribution in [3.63, 3.8) is 0 Å². The van der Waals surface area contributed by atoms with Crippen LogP contribution in [0.5, 0.6) is 0 Å². The van der Waals surface area contributed by atoms with Crippen molar-refractivity contribution < 1.29 is 9.59 Å². The van der Waals surface area contributed by atoms with Gasteiger partial charge in [-0.3, -0.25) is 9.59 Å². The summed E-state index contributed by atoms with van der Waals surface area (Å²) in [6.45, 7) is 2.61. The van der Waals surface area contributed by atoms with Crippen molar-refractivity contribution in [3.8, 4) is 0 Å². The zero-order valence-corrected chi connectivity index (χ0v) is 16.5. The SMILES string of the molecule is Cc1cccc(C(=O)N/C(=C\c2cccs2)C(=O)NCC2CCCCC2)c1. The predicted molar refractivity (Wildman–Crippen MR) is 111 cm³/mol. The molecule has 1 saturated carbocycles. The summed E-state index contributed by atoms with van der Waals surface area (Å²) >= 11 is 1.53. The highest BCUT2D eigenvalue weighted by Crippen LogP contribution is 2.23. The predicted octanol–water partition coefficient (Wildman–Crippen LogP) is 4.52. The normalized spacial score (nSPS) is 15.4. The number of carbonyl (C=O) groups excluding carboxylic acids is 2. The van der Waals surface area contributed by atoms with E-state index in [1.807, 2.05) is 42.6 Å². The van der Waals surface area contributed by atoms with Crippen molar-refractivity contribution in [2.45, 2.75) is 39.0 Å². The Balaban J connectivity index is 1.70. The van der Waals surface area contributed by atoms with E-state index in [9.17, 15) is 9.59 Å². The van der Waals surface area contributed by atoms with Gasteiger partial charge in [0.15, 0.2) is 0 Å².